The molecule has 1 aliphatic heterocycles. The zero-order valence-electron chi connectivity index (χ0n) is 30.8. The number of Topliss-reactive ketones (excluding diaryl/α,β-unsaturated/α-hetero) is 1. The molecular formula is C38H58N4O4S. The van der Waals surface area contributed by atoms with Crippen LogP contribution in [0.15, 0.2) is 35.7 Å². The van der Waals surface area contributed by atoms with Crippen molar-refractivity contribution in [1.29, 1.82) is 0 Å². The first-order chi connectivity index (χ1) is 22.8. The van der Waals surface area contributed by atoms with Gasteiger partial charge in [0.2, 0.25) is 5.91 Å². The highest BCUT2D eigenvalue weighted by atomic mass is 32.1. The molecule has 8 nitrogen and oxygen atoms in total. The lowest BCUT2D eigenvalue weighted by molar-refractivity contribution is -0.143. The second kappa shape index (κ2) is 18.6. The van der Waals surface area contributed by atoms with Crippen LogP contribution < -0.4 is 5.32 Å². The number of nitrogens with one attached hydrogen (secondary N) is 1. The Kier molecular flexibility index (Phi) is 14.6. The average molecular weight is 669 g/mol. The highest BCUT2D eigenvalue weighted by Gasteiger charge is 2.37. The Morgan fingerprint density at radius 1 is 1.15 bits per heavy atom. The molecule has 0 spiro atoms. The lowest BCUT2D eigenvalue weighted by Gasteiger charge is -2.38. The number of ketones is 1. The van der Waals surface area contributed by atoms with E-state index in [1.54, 1.807) is 17.5 Å². The van der Waals surface area contributed by atoms with Crippen molar-refractivity contribution in [1.82, 2.24) is 20.1 Å². The minimum absolute atomic E-state index is 0.0101. The number of amides is 2. The number of aromatic nitrogens is 1. The van der Waals surface area contributed by atoms with Crippen LogP contribution in [0.25, 0.3) is 0 Å². The summed E-state index contributed by atoms with van der Waals surface area (Å²) in [7, 11) is 2.00. The van der Waals surface area contributed by atoms with E-state index in [1.165, 1.54) is 11.3 Å². The number of benzene rings is 1. The van der Waals surface area contributed by atoms with Crippen molar-refractivity contribution in [3.63, 3.8) is 0 Å². The van der Waals surface area contributed by atoms with Crippen LogP contribution in [0.4, 0.5) is 0 Å². The van der Waals surface area contributed by atoms with E-state index < -0.39 is 0 Å². The molecule has 2 amide bonds. The van der Waals surface area contributed by atoms with Gasteiger partial charge >= 0.3 is 0 Å². The van der Waals surface area contributed by atoms with Gasteiger partial charge in [-0.1, -0.05) is 78.3 Å². The topological polar surface area (TPSA) is 99.7 Å². The van der Waals surface area contributed by atoms with E-state index in [9.17, 15) is 19.2 Å². The summed E-state index contributed by atoms with van der Waals surface area (Å²) < 4.78 is 7.75. The molecule has 47 heavy (non-hydrogen) atoms. The molecule has 1 aliphatic rings. The van der Waals surface area contributed by atoms with E-state index in [1.807, 2.05) is 37.9 Å². The fraction of sp³-hybridized carbons (Fsp3) is 0.658. The highest BCUT2D eigenvalue weighted by Crippen LogP contribution is 2.32. The standard InChI is InChI=1S/C38H58N4O4S/c1-9-27(6)31(22-35(44)33-17-14-18-41(33)8)38(46)42(10-2)34(25(3)4)20-28(7)37-40-32(24-47-37)36(45)39-30(19-26(5)23-43)21-29-15-12-11-13-16-29/h11-13,15-16,23-28,30-31,33-34H,9-10,14,17-22H2,1-8H3,(H,39,45)/i11T. The number of carbonyl (C=O) groups is 4. The molecule has 1 fully saturated rings. The quantitative estimate of drug-likeness (QED) is 0.166. The van der Waals surface area contributed by atoms with Gasteiger partial charge in [-0.05, 0) is 70.0 Å². The van der Waals surface area contributed by atoms with Gasteiger partial charge in [0.1, 0.15) is 12.0 Å². The van der Waals surface area contributed by atoms with Crippen LogP contribution in [-0.2, 0) is 20.8 Å². The number of rotatable bonds is 19. The van der Waals surface area contributed by atoms with Crippen molar-refractivity contribution >= 4 is 35.2 Å². The monoisotopic (exact) mass is 668 g/mol. The summed E-state index contributed by atoms with van der Waals surface area (Å²) in [4.78, 5) is 61.4. The maximum atomic E-state index is 14.3. The predicted molar refractivity (Wildman–Crippen MR) is 191 cm³/mol. The average Bonchev–Trinajstić information content (AvgIpc) is 3.73. The van der Waals surface area contributed by atoms with Gasteiger partial charge in [0.15, 0.2) is 5.78 Å². The van der Waals surface area contributed by atoms with Gasteiger partial charge in [0, 0.05) is 48.2 Å². The summed E-state index contributed by atoms with van der Waals surface area (Å²) >= 11 is 1.45. The van der Waals surface area contributed by atoms with Gasteiger partial charge in [-0.25, -0.2) is 4.98 Å². The van der Waals surface area contributed by atoms with Gasteiger partial charge in [-0.15, -0.1) is 11.3 Å². The lowest BCUT2D eigenvalue weighted by atomic mass is 9.83. The fourth-order valence-corrected chi connectivity index (χ4v) is 7.76. The van der Waals surface area contributed by atoms with Crippen molar-refractivity contribution in [2.24, 2.45) is 23.7 Å². The van der Waals surface area contributed by atoms with Crippen LogP contribution in [0, 0.1) is 23.7 Å². The summed E-state index contributed by atoms with van der Waals surface area (Å²) in [6.45, 7) is 15.9. The van der Waals surface area contributed by atoms with Gasteiger partial charge in [-0.2, -0.15) is 0 Å². The molecule has 0 saturated carbocycles. The summed E-state index contributed by atoms with van der Waals surface area (Å²) in [6, 6.07) is 7.24. The van der Waals surface area contributed by atoms with E-state index in [0.717, 1.165) is 42.7 Å². The Bertz CT molecular complexity index is 1350. The zero-order chi connectivity index (χ0) is 35.5. The van der Waals surface area contributed by atoms with E-state index >= 15 is 0 Å². The van der Waals surface area contributed by atoms with Gasteiger partial charge in [0.05, 0.1) is 12.4 Å². The Morgan fingerprint density at radius 3 is 2.43 bits per heavy atom. The molecule has 7 unspecified atom stereocenters. The maximum absolute atomic E-state index is 14.3. The number of hydrogen-bond acceptors (Lipinski definition) is 7. The summed E-state index contributed by atoms with van der Waals surface area (Å²) in [5.74, 6) is -0.277. The third-order valence-electron chi connectivity index (χ3n) is 10.0. The highest BCUT2D eigenvalue weighted by molar-refractivity contribution is 7.09. The number of hydrogen-bond donors (Lipinski definition) is 1. The van der Waals surface area contributed by atoms with Gasteiger partial charge in [0.25, 0.3) is 5.91 Å². The molecule has 260 valence electrons. The third-order valence-corrected chi connectivity index (χ3v) is 11.1. The maximum Gasteiger partial charge on any atom is 0.270 e. The summed E-state index contributed by atoms with van der Waals surface area (Å²) in [6.07, 6.45) is 5.66. The largest absolute Gasteiger partial charge is 0.348 e. The molecule has 0 aliphatic carbocycles. The van der Waals surface area contributed by atoms with Crippen LogP contribution in [-0.4, -0.2) is 76.9 Å². The van der Waals surface area contributed by atoms with Crippen LogP contribution in [0.3, 0.4) is 0 Å². The molecule has 2 heterocycles. The molecule has 0 radical (unpaired) electrons. The minimum atomic E-state index is -0.344. The number of thiazole rings is 1. The first kappa shape index (κ1) is 36.9. The van der Waals surface area contributed by atoms with E-state index in [4.69, 9.17) is 6.35 Å². The first-order valence-corrected chi connectivity index (χ1v) is 18.5. The lowest BCUT2D eigenvalue weighted by Crippen LogP contribution is -2.48. The second-order valence-electron chi connectivity index (χ2n) is 14.1. The Morgan fingerprint density at radius 2 is 1.85 bits per heavy atom. The van der Waals surface area contributed by atoms with E-state index in [-0.39, 0.29) is 71.7 Å². The summed E-state index contributed by atoms with van der Waals surface area (Å²) in [5, 5.41) is 5.73. The Balaban J connectivity index is 1.73. The number of likely N-dealkylation sites (N-methyl/N-ethyl adjacent to an activating group) is 1. The van der Waals surface area contributed by atoms with Crippen LogP contribution in [0.5, 0.6) is 0 Å². The molecule has 7 atom stereocenters. The smallest absolute Gasteiger partial charge is 0.270 e. The summed E-state index contributed by atoms with van der Waals surface area (Å²) in [5.41, 5.74) is 1.34. The molecule has 3 rings (SSSR count). The first-order valence-electron chi connectivity index (χ1n) is 18.1. The molecule has 0 bridgehead atoms. The van der Waals surface area contributed by atoms with Gasteiger partial charge < -0.3 is 15.0 Å². The number of nitrogens with zero attached hydrogens (tertiary/aromatic N) is 3. The van der Waals surface area contributed by atoms with E-state index in [0.29, 0.717) is 37.5 Å². The normalized spacial score (nSPS) is 19.3. The molecule has 9 heteroatoms. The Labute approximate surface area is 288 Å². The van der Waals surface area contributed by atoms with Gasteiger partial charge in [-0.3, -0.25) is 19.3 Å². The third kappa shape index (κ3) is 10.8. The van der Waals surface area contributed by atoms with Crippen molar-refractivity contribution in [3.8, 4) is 0 Å². The SMILES string of the molecule is [3H]c1ccc(CC(CC(C)C=O)NC(=O)c2csc(C(C)CC(C(C)C)N(CC)C(=O)C(CC(=O)C3CCCN3C)C(C)CC)n2)cc1. The van der Waals surface area contributed by atoms with Crippen LogP contribution in [0.1, 0.15) is 115 Å². The number of aldehydes is 1. The van der Waals surface area contributed by atoms with Crippen molar-refractivity contribution in [3.05, 3.63) is 52.0 Å². The number of carbonyl (C=O) groups excluding carboxylic acids is 4. The zero-order valence-corrected chi connectivity index (χ0v) is 30.6. The number of likely N-dealkylation sites (tertiary alicyclic amines) is 1. The molecule has 1 aromatic heterocycles. The molecule has 2 aromatic rings. The molecule has 1 saturated heterocycles. The molecule has 1 N–H and O–H groups in total. The van der Waals surface area contributed by atoms with Crippen LogP contribution >= 0.6 is 11.3 Å². The molecule has 1 aromatic carbocycles. The van der Waals surface area contributed by atoms with Crippen molar-refractivity contribution in [2.45, 2.75) is 117 Å². The van der Waals surface area contributed by atoms with Crippen molar-refractivity contribution < 1.29 is 20.5 Å². The minimum Gasteiger partial charge on any atom is -0.348 e. The van der Waals surface area contributed by atoms with Crippen LogP contribution in [0.2, 0.25) is 0 Å². The second-order valence-corrected chi connectivity index (χ2v) is 15.0. The van der Waals surface area contributed by atoms with E-state index in [2.05, 4.69) is 44.8 Å². The predicted octanol–water partition coefficient (Wildman–Crippen LogP) is 6.79. The van der Waals surface area contributed by atoms with Crippen molar-refractivity contribution in [2.75, 3.05) is 20.1 Å². The fourth-order valence-electron chi connectivity index (χ4n) is 6.89. The molecular weight excluding hydrogens is 609 g/mol. The Hall–Kier alpha value is -2.91.